The van der Waals surface area contributed by atoms with Crippen LogP contribution in [0.25, 0.3) is 0 Å². The Kier molecular flexibility index (Phi) is 3.96. The molecule has 0 unspecified atom stereocenters. The molecule has 1 aromatic carbocycles. The molecule has 0 fully saturated rings. The van der Waals surface area contributed by atoms with Crippen LogP contribution >= 0.6 is 22.9 Å². The first-order chi connectivity index (χ1) is 9.41. The minimum atomic E-state index is -1.07. The molecule has 0 spiro atoms. The molecule has 0 aliphatic rings. The molecule has 0 saturated carbocycles. The van der Waals surface area contributed by atoms with Gasteiger partial charge >= 0.3 is 5.97 Å². The van der Waals surface area contributed by atoms with E-state index in [0.29, 0.717) is 15.6 Å². The summed E-state index contributed by atoms with van der Waals surface area (Å²) >= 11 is 7.16. The normalized spacial score (nSPS) is 10.3. The lowest BCUT2D eigenvalue weighted by atomic mass is 10.1. The molecule has 20 heavy (non-hydrogen) atoms. The van der Waals surface area contributed by atoms with E-state index in [2.05, 4.69) is 0 Å². The molecule has 5 nitrogen and oxygen atoms in total. The van der Waals surface area contributed by atoms with Crippen LogP contribution < -0.4 is 10.6 Å². The lowest BCUT2D eigenvalue weighted by Crippen LogP contribution is -2.26. The third kappa shape index (κ3) is 2.61. The first kappa shape index (κ1) is 14.4. The summed E-state index contributed by atoms with van der Waals surface area (Å²) in [5, 5.41) is 11.0. The second-order valence-electron chi connectivity index (χ2n) is 4.04. The summed E-state index contributed by atoms with van der Waals surface area (Å²) in [6.07, 6.45) is 0. The smallest absolute Gasteiger partial charge is 0.335 e. The Morgan fingerprint density at radius 2 is 2.05 bits per heavy atom. The van der Waals surface area contributed by atoms with Gasteiger partial charge in [0, 0.05) is 7.05 Å². The Balaban J connectivity index is 2.34. The van der Waals surface area contributed by atoms with Gasteiger partial charge in [-0.25, -0.2) is 4.79 Å². The number of amides is 1. The lowest BCUT2D eigenvalue weighted by Gasteiger charge is -2.19. The quantitative estimate of drug-likeness (QED) is 0.854. The van der Waals surface area contributed by atoms with Crippen LogP contribution in [0.4, 0.5) is 11.4 Å². The van der Waals surface area contributed by atoms with Crippen molar-refractivity contribution in [3.63, 3.8) is 0 Å². The van der Waals surface area contributed by atoms with Crippen LogP contribution in [-0.4, -0.2) is 24.0 Å². The number of carbonyl (C=O) groups is 2. The number of anilines is 2. The molecular formula is C13H11ClN2O3S. The molecule has 3 N–H and O–H groups in total. The molecule has 0 saturated heterocycles. The van der Waals surface area contributed by atoms with Crippen molar-refractivity contribution in [2.24, 2.45) is 0 Å². The zero-order valence-corrected chi connectivity index (χ0v) is 12.0. The third-order valence-electron chi connectivity index (χ3n) is 2.75. The van der Waals surface area contributed by atoms with Gasteiger partial charge < -0.3 is 15.7 Å². The van der Waals surface area contributed by atoms with Crippen LogP contribution in [0.3, 0.4) is 0 Å². The monoisotopic (exact) mass is 310 g/mol. The number of halogens is 1. The van der Waals surface area contributed by atoms with Gasteiger partial charge in [0.1, 0.15) is 4.88 Å². The number of hydrogen-bond acceptors (Lipinski definition) is 4. The van der Waals surface area contributed by atoms with E-state index < -0.39 is 5.97 Å². The highest BCUT2D eigenvalue weighted by Gasteiger charge is 2.20. The fourth-order valence-corrected chi connectivity index (χ4v) is 2.81. The van der Waals surface area contributed by atoms with E-state index in [1.165, 1.54) is 34.4 Å². The first-order valence-electron chi connectivity index (χ1n) is 5.55. The zero-order valence-electron chi connectivity index (χ0n) is 10.5. The maximum atomic E-state index is 12.3. The first-order valence-corrected chi connectivity index (χ1v) is 6.81. The number of nitrogens with two attached hydrogens (primary N) is 1. The average Bonchev–Trinajstić information content (AvgIpc) is 2.83. The molecule has 7 heteroatoms. The largest absolute Gasteiger partial charge is 0.478 e. The minimum absolute atomic E-state index is 0.0706. The maximum Gasteiger partial charge on any atom is 0.335 e. The lowest BCUT2D eigenvalue weighted by molar-refractivity contribution is 0.0697. The van der Waals surface area contributed by atoms with E-state index in [1.807, 2.05) is 0 Å². The van der Waals surface area contributed by atoms with Crippen molar-refractivity contribution >= 4 is 46.2 Å². The number of aromatic carboxylic acids is 1. The SMILES string of the molecule is CN(C(=O)c1sccc1Cl)c1ccc(C(=O)O)cc1N. The van der Waals surface area contributed by atoms with Gasteiger partial charge in [0.15, 0.2) is 0 Å². The summed E-state index contributed by atoms with van der Waals surface area (Å²) in [4.78, 5) is 24.9. The van der Waals surface area contributed by atoms with E-state index in [-0.39, 0.29) is 17.2 Å². The molecule has 2 rings (SSSR count). The number of hydrogen-bond donors (Lipinski definition) is 2. The van der Waals surface area contributed by atoms with Crippen LogP contribution in [0.15, 0.2) is 29.6 Å². The molecule has 104 valence electrons. The molecular weight excluding hydrogens is 300 g/mol. The summed E-state index contributed by atoms with van der Waals surface area (Å²) < 4.78 is 0. The van der Waals surface area contributed by atoms with Crippen LogP contribution in [0.5, 0.6) is 0 Å². The fraction of sp³-hybridized carbons (Fsp3) is 0.0769. The molecule has 0 atom stereocenters. The number of carboxylic acids is 1. The Labute approximate surface area is 124 Å². The highest BCUT2D eigenvalue weighted by atomic mass is 35.5. The fourth-order valence-electron chi connectivity index (χ4n) is 1.70. The minimum Gasteiger partial charge on any atom is -0.478 e. The Morgan fingerprint density at radius 1 is 1.35 bits per heavy atom. The maximum absolute atomic E-state index is 12.3. The van der Waals surface area contributed by atoms with Crippen molar-refractivity contribution in [3.05, 3.63) is 45.1 Å². The van der Waals surface area contributed by atoms with E-state index in [1.54, 1.807) is 18.5 Å². The van der Waals surface area contributed by atoms with Gasteiger partial charge in [0.25, 0.3) is 5.91 Å². The van der Waals surface area contributed by atoms with Gasteiger partial charge in [0.2, 0.25) is 0 Å². The predicted molar refractivity (Wildman–Crippen MR) is 79.9 cm³/mol. The molecule has 0 bridgehead atoms. The standard InChI is InChI=1S/C13H11ClN2O3S/c1-16(12(17)11-8(14)4-5-20-11)10-3-2-7(13(18)19)6-9(10)15/h2-6H,15H2,1H3,(H,18,19). The van der Waals surface area contributed by atoms with Gasteiger partial charge in [0.05, 0.1) is 22.0 Å². The summed E-state index contributed by atoms with van der Waals surface area (Å²) in [6, 6.07) is 5.85. The van der Waals surface area contributed by atoms with Crippen molar-refractivity contribution in [2.45, 2.75) is 0 Å². The molecule has 1 heterocycles. The van der Waals surface area contributed by atoms with Crippen molar-refractivity contribution in [1.82, 2.24) is 0 Å². The second-order valence-corrected chi connectivity index (χ2v) is 5.36. The number of carbonyl (C=O) groups excluding carboxylic acids is 1. The summed E-state index contributed by atoms with van der Waals surface area (Å²) in [6.45, 7) is 0. The zero-order chi connectivity index (χ0) is 14.9. The van der Waals surface area contributed by atoms with Crippen molar-refractivity contribution in [1.29, 1.82) is 0 Å². The van der Waals surface area contributed by atoms with Gasteiger partial charge in [-0.05, 0) is 29.6 Å². The average molecular weight is 311 g/mol. The molecule has 2 aromatic rings. The van der Waals surface area contributed by atoms with Crippen molar-refractivity contribution < 1.29 is 14.7 Å². The number of carboxylic acid groups (broad SMARTS) is 1. The van der Waals surface area contributed by atoms with E-state index in [4.69, 9.17) is 22.4 Å². The molecule has 1 amide bonds. The molecule has 0 aliphatic carbocycles. The van der Waals surface area contributed by atoms with Crippen LogP contribution in [0.1, 0.15) is 20.0 Å². The van der Waals surface area contributed by atoms with E-state index >= 15 is 0 Å². The topological polar surface area (TPSA) is 83.6 Å². The highest BCUT2D eigenvalue weighted by Crippen LogP contribution is 2.28. The van der Waals surface area contributed by atoms with Gasteiger partial charge in [-0.2, -0.15) is 0 Å². The van der Waals surface area contributed by atoms with Gasteiger partial charge in [-0.15, -0.1) is 11.3 Å². The van der Waals surface area contributed by atoms with E-state index in [9.17, 15) is 9.59 Å². The predicted octanol–water partition coefficient (Wildman–Crippen LogP) is 2.96. The van der Waals surface area contributed by atoms with Crippen molar-refractivity contribution in [2.75, 3.05) is 17.7 Å². The Bertz CT molecular complexity index is 684. The Hall–Kier alpha value is -2.05. The summed E-state index contributed by atoms with van der Waals surface area (Å²) in [5.41, 5.74) is 6.52. The summed E-state index contributed by atoms with van der Waals surface area (Å²) in [7, 11) is 1.56. The van der Waals surface area contributed by atoms with Crippen LogP contribution in [-0.2, 0) is 0 Å². The molecule has 1 aromatic heterocycles. The number of thiophene rings is 1. The molecule has 0 aliphatic heterocycles. The number of rotatable bonds is 3. The van der Waals surface area contributed by atoms with Crippen LogP contribution in [0.2, 0.25) is 5.02 Å². The van der Waals surface area contributed by atoms with Crippen LogP contribution in [0, 0.1) is 0 Å². The number of benzene rings is 1. The second kappa shape index (κ2) is 5.52. The van der Waals surface area contributed by atoms with Gasteiger partial charge in [-0.3, -0.25) is 4.79 Å². The van der Waals surface area contributed by atoms with E-state index in [0.717, 1.165) is 0 Å². The highest BCUT2D eigenvalue weighted by molar-refractivity contribution is 7.12. The van der Waals surface area contributed by atoms with Gasteiger partial charge in [-0.1, -0.05) is 11.6 Å². The third-order valence-corrected chi connectivity index (χ3v) is 4.08. The van der Waals surface area contributed by atoms with Crippen molar-refractivity contribution in [3.8, 4) is 0 Å². The number of nitrogens with zero attached hydrogens (tertiary/aromatic N) is 1. The molecule has 0 radical (unpaired) electrons. The Morgan fingerprint density at radius 3 is 2.55 bits per heavy atom. The summed E-state index contributed by atoms with van der Waals surface area (Å²) in [5.74, 6) is -1.36. The number of nitrogen functional groups attached to an aromatic ring is 1.